The highest BCUT2D eigenvalue weighted by atomic mass is 79.9. The van der Waals surface area contributed by atoms with Crippen LogP contribution in [0.5, 0.6) is 11.5 Å². The molecule has 120 valence electrons. The summed E-state index contributed by atoms with van der Waals surface area (Å²) in [5.41, 5.74) is 0.0667. The molecule has 0 radical (unpaired) electrons. The van der Waals surface area contributed by atoms with Crippen LogP contribution in [0.1, 0.15) is 10.4 Å². The molecular formula is C16H12BrClO5. The lowest BCUT2D eigenvalue weighted by molar-refractivity contribution is -0.136. The molecule has 0 aromatic heterocycles. The first-order valence-corrected chi connectivity index (χ1v) is 7.63. The minimum atomic E-state index is -0.652. The van der Waals surface area contributed by atoms with Gasteiger partial charge in [0, 0.05) is 9.50 Å². The highest BCUT2D eigenvalue weighted by Crippen LogP contribution is 2.24. The van der Waals surface area contributed by atoms with Gasteiger partial charge in [-0.05, 0) is 42.5 Å². The van der Waals surface area contributed by atoms with Gasteiger partial charge in [0.1, 0.15) is 17.1 Å². The second kappa shape index (κ2) is 7.99. The summed E-state index contributed by atoms with van der Waals surface area (Å²) in [6.45, 7) is -0.301. The van der Waals surface area contributed by atoms with Crippen LogP contribution in [-0.2, 0) is 9.53 Å². The summed E-state index contributed by atoms with van der Waals surface area (Å²) in [5.74, 6) is -0.718. The maximum Gasteiger partial charge on any atom is 0.349 e. The van der Waals surface area contributed by atoms with Crippen LogP contribution in [0.3, 0.4) is 0 Å². The molecule has 0 spiro atoms. The molecule has 0 atom stereocenters. The van der Waals surface area contributed by atoms with Gasteiger partial charge >= 0.3 is 11.9 Å². The molecule has 0 heterocycles. The van der Waals surface area contributed by atoms with Crippen LogP contribution >= 0.6 is 27.5 Å². The summed E-state index contributed by atoms with van der Waals surface area (Å²) in [5, 5.41) is 0.330. The Bertz CT molecular complexity index is 715. The average Bonchev–Trinajstić information content (AvgIpc) is 2.55. The molecule has 0 saturated carbocycles. The predicted molar refractivity (Wildman–Crippen MR) is 88.1 cm³/mol. The van der Waals surface area contributed by atoms with E-state index in [1.54, 1.807) is 24.3 Å². The minimum Gasteiger partial charge on any atom is -0.482 e. The van der Waals surface area contributed by atoms with Crippen LogP contribution in [0.15, 0.2) is 46.9 Å². The van der Waals surface area contributed by atoms with Crippen molar-refractivity contribution in [1.82, 2.24) is 0 Å². The molecule has 7 heteroatoms. The number of methoxy groups -OCH3 is 1. The van der Waals surface area contributed by atoms with Crippen molar-refractivity contribution >= 4 is 39.5 Å². The number of ether oxygens (including phenoxy) is 3. The predicted octanol–water partition coefficient (Wildman–Crippen LogP) is 3.87. The van der Waals surface area contributed by atoms with Crippen molar-refractivity contribution in [3.63, 3.8) is 0 Å². The average molecular weight is 400 g/mol. The molecule has 0 fully saturated rings. The normalized spacial score (nSPS) is 10.0. The molecule has 2 aromatic rings. The fraction of sp³-hybridized carbons (Fsp3) is 0.125. The Balaban J connectivity index is 2.02. The fourth-order valence-electron chi connectivity index (χ4n) is 1.69. The van der Waals surface area contributed by atoms with Crippen LogP contribution in [0.2, 0.25) is 5.02 Å². The third kappa shape index (κ3) is 4.97. The fourth-order valence-corrected chi connectivity index (χ4v) is 2.12. The summed E-state index contributed by atoms with van der Waals surface area (Å²) in [6, 6.07) is 11.3. The van der Waals surface area contributed by atoms with Gasteiger partial charge in [0.05, 0.1) is 7.11 Å². The smallest absolute Gasteiger partial charge is 0.349 e. The number of benzene rings is 2. The van der Waals surface area contributed by atoms with Gasteiger partial charge in [-0.3, -0.25) is 0 Å². The lowest BCUT2D eigenvalue weighted by Gasteiger charge is -2.10. The molecule has 0 saturated heterocycles. The van der Waals surface area contributed by atoms with Crippen LogP contribution in [0.25, 0.3) is 0 Å². The molecule has 0 aliphatic rings. The molecule has 0 unspecified atom stereocenters. The van der Waals surface area contributed by atoms with Gasteiger partial charge in [-0.15, -0.1) is 0 Å². The van der Waals surface area contributed by atoms with Gasteiger partial charge in [0.15, 0.2) is 6.61 Å². The van der Waals surface area contributed by atoms with Crippen molar-refractivity contribution in [2.75, 3.05) is 13.7 Å². The van der Waals surface area contributed by atoms with Crippen LogP contribution in [0.4, 0.5) is 0 Å². The lowest BCUT2D eigenvalue weighted by Crippen LogP contribution is -2.19. The zero-order valence-corrected chi connectivity index (χ0v) is 14.4. The third-order valence-electron chi connectivity index (χ3n) is 2.74. The molecule has 23 heavy (non-hydrogen) atoms. The Morgan fingerprint density at radius 3 is 2.48 bits per heavy atom. The second-order valence-corrected chi connectivity index (χ2v) is 5.70. The van der Waals surface area contributed by atoms with Crippen LogP contribution < -0.4 is 9.47 Å². The SMILES string of the molecule is COC(=O)c1cc(Cl)ccc1OC(=O)COc1ccc(Br)cc1. The zero-order valence-electron chi connectivity index (χ0n) is 12.0. The van der Waals surface area contributed by atoms with Crippen molar-refractivity contribution < 1.29 is 23.8 Å². The standard InChI is InChI=1S/C16H12BrClO5/c1-21-16(20)13-8-11(18)4-7-14(13)23-15(19)9-22-12-5-2-10(17)3-6-12/h2-8H,9H2,1H3. The van der Waals surface area contributed by atoms with Gasteiger partial charge in [0.2, 0.25) is 0 Å². The van der Waals surface area contributed by atoms with Gasteiger partial charge in [0.25, 0.3) is 0 Å². The third-order valence-corrected chi connectivity index (χ3v) is 3.50. The van der Waals surface area contributed by atoms with Crippen molar-refractivity contribution in [3.8, 4) is 11.5 Å². The molecular weight excluding hydrogens is 388 g/mol. The van der Waals surface area contributed by atoms with Crippen LogP contribution in [-0.4, -0.2) is 25.7 Å². The minimum absolute atomic E-state index is 0.0608. The summed E-state index contributed by atoms with van der Waals surface area (Å²) in [6.07, 6.45) is 0. The van der Waals surface area contributed by atoms with Crippen molar-refractivity contribution in [2.24, 2.45) is 0 Å². The van der Waals surface area contributed by atoms with Gasteiger partial charge in [-0.1, -0.05) is 27.5 Å². The van der Waals surface area contributed by atoms with E-state index in [4.69, 9.17) is 21.1 Å². The number of hydrogen-bond acceptors (Lipinski definition) is 5. The monoisotopic (exact) mass is 398 g/mol. The second-order valence-electron chi connectivity index (χ2n) is 4.35. The summed E-state index contributed by atoms with van der Waals surface area (Å²) >= 11 is 9.13. The molecule has 0 N–H and O–H groups in total. The number of rotatable bonds is 5. The Labute approximate surface area is 146 Å². The number of carbonyl (C=O) groups excluding carboxylic acids is 2. The maximum absolute atomic E-state index is 11.9. The molecule has 2 rings (SSSR count). The van der Waals surface area contributed by atoms with E-state index in [1.165, 1.54) is 25.3 Å². The first kappa shape index (κ1) is 17.3. The van der Waals surface area contributed by atoms with Crippen molar-refractivity contribution in [3.05, 3.63) is 57.5 Å². The van der Waals surface area contributed by atoms with Gasteiger partial charge < -0.3 is 14.2 Å². The first-order chi connectivity index (χ1) is 11.0. The van der Waals surface area contributed by atoms with Crippen LogP contribution in [0, 0.1) is 0 Å². The quantitative estimate of drug-likeness (QED) is 0.564. The van der Waals surface area contributed by atoms with E-state index in [9.17, 15) is 9.59 Å². The Morgan fingerprint density at radius 1 is 1.13 bits per heavy atom. The largest absolute Gasteiger partial charge is 0.482 e. The topological polar surface area (TPSA) is 61.8 Å². The van der Waals surface area contributed by atoms with Gasteiger partial charge in [-0.2, -0.15) is 0 Å². The maximum atomic E-state index is 11.9. The molecule has 0 bridgehead atoms. The summed E-state index contributed by atoms with van der Waals surface area (Å²) < 4.78 is 16.0. The molecule has 0 aliphatic heterocycles. The first-order valence-electron chi connectivity index (χ1n) is 6.46. The van der Waals surface area contributed by atoms with E-state index >= 15 is 0 Å². The highest BCUT2D eigenvalue weighted by Gasteiger charge is 2.17. The van der Waals surface area contributed by atoms with E-state index in [0.29, 0.717) is 10.8 Å². The van der Waals surface area contributed by atoms with Crippen molar-refractivity contribution in [1.29, 1.82) is 0 Å². The molecule has 5 nitrogen and oxygen atoms in total. The van der Waals surface area contributed by atoms with E-state index in [2.05, 4.69) is 20.7 Å². The Hall–Kier alpha value is -2.05. The zero-order chi connectivity index (χ0) is 16.8. The highest BCUT2D eigenvalue weighted by molar-refractivity contribution is 9.10. The van der Waals surface area contributed by atoms with E-state index < -0.39 is 11.9 Å². The van der Waals surface area contributed by atoms with E-state index in [1.807, 2.05) is 0 Å². The number of carbonyl (C=O) groups is 2. The molecule has 2 aromatic carbocycles. The Kier molecular flexibility index (Phi) is 6.01. The molecule has 0 aliphatic carbocycles. The summed E-state index contributed by atoms with van der Waals surface area (Å²) in [4.78, 5) is 23.5. The van der Waals surface area contributed by atoms with E-state index in [0.717, 1.165) is 4.47 Å². The number of hydrogen-bond donors (Lipinski definition) is 0. The summed E-state index contributed by atoms with van der Waals surface area (Å²) in [7, 11) is 1.23. The van der Waals surface area contributed by atoms with Crippen molar-refractivity contribution in [2.45, 2.75) is 0 Å². The Morgan fingerprint density at radius 2 is 1.83 bits per heavy atom. The lowest BCUT2D eigenvalue weighted by atomic mass is 10.2. The van der Waals surface area contributed by atoms with E-state index in [-0.39, 0.29) is 17.9 Å². The number of esters is 2. The number of halogens is 2. The van der Waals surface area contributed by atoms with Gasteiger partial charge in [-0.25, -0.2) is 9.59 Å². The molecule has 0 amide bonds.